The fourth-order valence-electron chi connectivity index (χ4n) is 3.27. The average molecular weight is 394 g/mol. The number of H-pyrrole nitrogens is 1. The summed E-state index contributed by atoms with van der Waals surface area (Å²) in [5.41, 5.74) is 4.68. The van der Waals surface area contributed by atoms with Crippen molar-refractivity contribution < 1.29 is 22.7 Å². The fourth-order valence-corrected chi connectivity index (χ4v) is 3.65. The van der Waals surface area contributed by atoms with Gasteiger partial charge in [-0.1, -0.05) is 19.6 Å². The van der Waals surface area contributed by atoms with Crippen LogP contribution >= 0.6 is 0 Å². The van der Waals surface area contributed by atoms with E-state index in [-0.39, 0.29) is 24.3 Å². The number of aromatic amines is 1. The predicted octanol–water partition coefficient (Wildman–Crippen LogP) is 1.90. The maximum absolute atomic E-state index is 12.4. The summed E-state index contributed by atoms with van der Waals surface area (Å²) < 4.78 is 21.1. The molecule has 7 nitrogen and oxygen atoms in total. The zero-order chi connectivity index (χ0) is 20.1. The first-order valence-corrected chi connectivity index (χ1v) is 10.0. The molecule has 0 fully saturated rings. The summed E-state index contributed by atoms with van der Waals surface area (Å²) in [7, 11) is 1.34. The van der Waals surface area contributed by atoms with Crippen LogP contribution in [-0.4, -0.2) is 46.6 Å². The van der Waals surface area contributed by atoms with Gasteiger partial charge in [0.15, 0.2) is 11.1 Å². The van der Waals surface area contributed by atoms with Crippen LogP contribution < -0.4 is 5.32 Å². The fraction of sp³-hybridized carbons (Fsp3) is 0.474. The molecule has 2 N–H and O–H groups in total. The van der Waals surface area contributed by atoms with Crippen molar-refractivity contribution >= 4 is 23.0 Å². The number of rotatable bonds is 9. The first-order chi connectivity index (χ1) is 12.8. The Morgan fingerprint density at radius 1 is 1.37 bits per heavy atom. The SMILES string of the molecule is C=CC1=C(C)C(=O)NC1Cc1[nH]c(C(=O)OCCS(=O)OC)c(CC)c1C. The number of amides is 1. The van der Waals surface area contributed by atoms with Crippen molar-refractivity contribution in [3.05, 3.63) is 46.3 Å². The number of esters is 1. The molecule has 2 rings (SSSR count). The lowest BCUT2D eigenvalue weighted by molar-refractivity contribution is -0.117. The second kappa shape index (κ2) is 9.14. The van der Waals surface area contributed by atoms with E-state index >= 15 is 0 Å². The summed E-state index contributed by atoms with van der Waals surface area (Å²) in [6, 6.07) is -0.176. The van der Waals surface area contributed by atoms with E-state index in [2.05, 4.69) is 21.1 Å². The molecule has 1 aromatic rings. The highest BCUT2D eigenvalue weighted by atomic mass is 32.2. The zero-order valence-electron chi connectivity index (χ0n) is 16.1. The van der Waals surface area contributed by atoms with Gasteiger partial charge in [-0.05, 0) is 37.0 Å². The molecule has 0 aliphatic carbocycles. The summed E-state index contributed by atoms with van der Waals surface area (Å²) in [6.07, 6.45) is 2.89. The van der Waals surface area contributed by atoms with Crippen molar-refractivity contribution in [1.82, 2.24) is 10.3 Å². The van der Waals surface area contributed by atoms with E-state index in [9.17, 15) is 13.8 Å². The average Bonchev–Trinajstić information content (AvgIpc) is 3.11. The van der Waals surface area contributed by atoms with E-state index in [0.29, 0.717) is 24.1 Å². The molecule has 2 unspecified atom stereocenters. The van der Waals surface area contributed by atoms with Gasteiger partial charge in [-0.3, -0.25) is 8.98 Å². The zero-order valence-corrected chi connectivity index (χ0v) is 17.0. The van der Waals surface area contributed by atoms with Gasteiger partial charge in [0.05, 0.1) is 18.9 Å². The van der Waals surface area contributed by atoms with Gasteiger partial charge in [-0.25, -0.2) is 9.00 Å². The molecule has 2 atom stereocenters. The van der Waals surface area contributed by atoms with Crippen LogP contribution in [0.3, 0.4) is 0 Å². The highest BCUT2D eigenvalue weighted by molar-refractivity contribution is 7.80. The van der Waals surface area contributed by atoms with E-state index in [4.69, 9.17) is 4.74 Å². The smallest absolute Gasteiger partial charge is 0.355 e. The molecule has 0 saturated heterocycles. The van der Waals surface area contributed by atoms with Crippen LogP contribution in [0.15, 0.2) is 23.8 Å². The first kappa shape index (κ1) is 21.1. The quantitative estimate of drug-likeness (QED) is 0.624. The van der Waals surface area contributed by atoms with Crippen molar-refractivity contribution in [3.63, 3.8) is 0 Å². The lowest BCUT2D eigenvalue weighted by atomic mass is 9.99. The summed E-state index contributed by atoms with van der Waals surface area (Å²) >= 11 is -1.46. The number of hydrogen-bond donors (Lipinski definition) is 2. The van der Waals surface area contributed by atoms with Crippen LogP contribution in [0.1, 0.15) is 41.2 Å². The monoisotopic (exact) mass is 394 g/mol. The highest BCUT2D eigenvalue weighted by Gasteiger charge is 2.29. The number of aromatic nitrogens is 1. The Labute approximate surface area is 161 Å². The number of carbonyl (C=O) groups excluding carboxylic acids is 2. The van der Waals surface area contributed by atoms with E-state index in [1.54, 1.807) is 13.0 Å². The molecule has 1 aliphatic heterocycles. The Hall–Kier alpha value is -2.19. The van der Waals surface area contributed by atoms with E-state index in [1.165, 1.54) is 7.11 Å². The minimum atomic E-state index is -1.46. The Morgan fingerprint density at radius 3 is 2.67 bits per heavy atom. The first-order valence-electron chi connectivity index (χ1n) is 8.78. The van der Waals surface area contributed by atoms with Crippen LogP contribution in [0, 0.1) is 6.92 Å². The van der Waals surface area contributed by atoms with Gasteiger partial charge in [0.2, 0.25) is 5.91 Å². The van der Waals surface area contributed by atoms with E-state index in [1.807, 2.05) is 13.8 Å². The lowest BCUT2D eigenvalue weighted by Gasteiger charge is -2.13. The maximum Gasteiger partial charge on any atom is 0.355 e. The Morgan fingerprint density at radius 2 is 2.07 bits per heavy atom. The van der Waals surface area contributed by atoms with E-state index in [0.717, 1.165) is 22.4 Å². The molecule has 0 spiro atoms. The number of nitrogens with one attached hydrogen (secondary N) is 2. The van der Waals surface area contributed by atoms with Crippen LogP contribution in [0.25, 0.3) is 0 Å². The molecule has 0 saturated carbocycles. The van der Waals surface area contributed by atoms with Gasteiger partial charge >= 0.3 is 5.97 Å². The molecule has 0 bridgehead atoms. The molecule has 1 aromatic heterocycles. The Bertz CT molecular complexity index is 809. The second-order valence-corrected chi connectivity index (χ2v) is 7.61. The number of carbonyl (C=O) groups is 2. The van der Waals surface area contributed by atoms with Crippen LogP contribution in [0.2, 0.25) is 0 Å². The molecule has 2 heterocycles. The standard InChI is InChI=1S/C19H26N2O5S/c1-6-13-12(4)18(22)21-16(13)10-15-11(3)14(7-2)17(20-15)19(23)26-8-9-27(24)25-5/h6,16,20H,1,7-10H2,2-5H3,(H,21,22). The van der Waals surface area contributed by atoms with Gasteiger partial charge in [0.25, 0.3) is 0 Å². The molecule has 8 heteroatoms. The third-order valence-corrected chi connectivity index (χ3v) is 5.66. The number of hydrogen-bond acceptors (Lipinski definition) is 5. The summed E-state index contributed by atoms with van der Waals surface area (Å²) in [5.74, 6) is -0.460. The van der Waals surface area contributed by atoms with Crippen molar-refractivity contribution in [2.45, 2.75) is 39.7 Å². The molecule has 27 heavy (non-hydrogen) atoms. The van der Waals surface area contributed by atoms with Gasteiger partial charge in [0, 0.05) is 17.7 Å². The van der Waals surface area contributed by atoms with Gasteiger partial charge in [0.1, 0.15) is 12.3 Å². The van der Waals surface area contributed by atoms with Crippen LogP contribution in [0.4, 0.5) is 0 Å². The summed E-state index contributed by atoms with van der Waals surface area (Å²) in [5, 5.41) is 2.94. The normalized spacial score (nSPS) is 17.8. The molecule has 0 radical (unpaired) electrons. The highest BCUT2D eigenvalue weighted by Crippen LogP contribution is 2.26. The lowest BCUT2D eigenvalue weighted by Crippen LogP contribution is -2.30. The third kappa shape index (κ3) is 4.56. The maximum atomic E-state index is 12.4. The largest absolute Gasteiger partial charge is 0.460 e. The van der Waals surface area contributed by atoms with Crippen molar-refractivity contribution in [2.24, 2.45) is 0 Å². The van der Waals surface area contributed by atoms with Crippen molar-refractivity contribution in [3.8, 4) is 0 Å². The topological polar surface area (TPSA) is 97.5 Å². The number of ether oxygens (including phenoxy) is 1. The Kier molecular flexibility index (Phi) is 7.15. The molecular weight excluding hydrogens is 368 g/mol. The summed E-state index contributed by atoms with van der Waals surface area (Å²) in [4.78, 5) is 27.5. The minimum Gasteiger partial charge on any atom is -0.460 e. The van der Waals surface area contributed by atoms with Gasteiger partial charge in [-0.2, -0.15) is 0 Å². The summed E-state index contributed by atoms with van der Waals surface area (Å²) in [6.45, 7) is 9.49. The van der Waals surface area contributed by atoms with Gasteiger partial charge < -0.3 is 15.0 Å². The molecule has 1 aliphatic rings. The molecule has 0 aromatic carbocycles. The minimum absolute atomic E-state index is 0.0110. The Balaban J connectivity index is 2.18. The van der Waals surface area contributed by atoms with Crippen molar-refractivity contribution in [2.75, 3.05) is 19.5 Å². The second-order valence-electron chi connectivity index (χ2n) is 6.26. The predicted molar refractivity (Wildman–Crippen MR) is 104 cm³/mol. The third-order valence-electron chi connectivity index (χ3n) is 4.79. The van der Waals surface area contributed by atoms with Gasteiger partial charge in [-0.15, -0.1) is 0 Å². The van der Waals surface area contributed by atoms with Crippen molar-refractivity contribution in [1.29, 1.82) is 0 Å². The van der Waals surface area contributed by atoms with Crippen LogP contribution in [0.5, 0.6) is 0 Å². The molecular formula is C19H26N2O5S. The van der Waals surface area contributed by atoms with Crippen LogP contribution in [-0.2, 0) is 37.6 Å². The van der Waals surface area contributed by atoms with E-state index < -0.39 is 17.0 Å². The molecule has 148 valence electrons. The molecule has 1 amide bonds.